The molecule has 1 fully saturated rings. The Morgan fingerprint density at radius 1 is 0.348 bits per heavy atom. The van der Waals surface area contributed by atoms with E-state index in [4.69, 9.17) is 0 Å². The van der Waals surface area contributed by atoms with Crippen LogP contribution in [0.1, 0.15) is 180 Å². The maximum atomic E-state index is 10.7. The lowest BCUT2D eigenvalue weighted by molar-refractivity contribution is -0.183. The monoisotopic (exact) mass is 659 g/mol. The van der Waals surface area contributed by atoms with Gasteiger partial charge in [-0.2, -0.15) is 0 Å². The molecule has 1 unspecified atom stereocenters. The first-order chi connectivity index (χ1) is 22.5. The Morgan fingerprint density at radius 3 is 1.00 bits per heavy atom. The minimum absolute atomic E-state index is 0.00932. The number of hydrogen-bond acceptors (Lipinski definition) is 7. The first-order valence-corrected chi connectivity index (χ1v) is 19.8. The van der Waals surface area contributed by atoms with Crippen molar-refractivity contribution < 1.29 is 35.7 Å². The van der Waals surface area contributed by atoms with Gasteiger partial charge >= 0.3 is 0 Å². The van der Waals surface area contributed by atoms with E-state index in [9.17, 15) is 35.7 Å². The molecule has 1 aliphatic carbocycles. The molecule has 0 aromatic carbocycles. The van der Waals surface area contributed by atoms with E-state index in [-0.39, 0.29) is 52.2 Å². The molecule has 0 aliphatic heterocycles. The van der Waals surface area contributed by atoms with Crippen molar-refractivity contribution in [3.05, 3.63) is 0 Å². The summed E-state index contributed by atoms with van der Waals surface area (Å²) in [6.45, 7) is -0.602. The van der Waals surface area contributed by atoms with Gasteiger partial charge in [-0.3, -0.25) is 0 Å². The first-order valence-electron chi connectivity index (χ1n) is 19.8. The molecule has 0 saturated heterocycles. The fourth-order valence-corrected chi connectivity index (χ4v) is 10.1. The molecular formula is C39H78O7. The topological polar surface area (TPSA) is 142 Å². The lowest BCUT2D eigenvalue weighted by Gasteiger charge is -2.64. The second kappa shape index (κ2) is 27.5. The van der Waals surface area contributed by atoms with Crippen LogP contribution in [0.2, 0.25) is 0 Å². The van der Waals surface area contributed by atoms with E-state index >= 15 is 0 Å². The van der Waals surface area contributed by atoms with Crippen LogP contribution in [0.15, 0.2) is 0 Å². The van der Waals surface area contributed by atoms with Gasteiger partial charge in [0, 0.05) is 46.2 Å². The molecule has 276 valence electrons. The van der Waals surface area contributed by atoms with Gasteiger partial charge in [-0.05, 0) is 80.0 Å². The third-order valence-electron chi connectivity index (χ3n) is 12.3. The van der Waals surface area contributed by atoms with E-state index in [2.05, 4.69) is 0 Å². The molecule has 0 aromatic heterocycles. The molecule has 0 heterocycles. The summed E-state index contributed by atoms with van der Waals surface area (Å²) in [4.78, 5) is 0. The van der Waals surface area contributed by atoms with Crippen molar-refractivity contribution in [1.29, 1.82) is 0 Å². The number of aliphatic hydroxyl groups excluding tert-OH is 7. The normalized spacial score (nSPS) is 23.7. The second-order valence-electron chi connectivity index (χ2n) is 14.8. The summed E-state index contributed by atoms with van der Waals surface area (Å²) in [6, 6.07) is 0. The molecule has 7 heteroatoms. The highest BCUT2D eigenvalue weighted by atomic mass is 16.3. The average molecular weight is 659 g/mol. The molecule has 0 radical (unpaired) electrons. The molecule has 7 N–H and O–H groups in total. The van der Waals surface area contributed by atoms with E-state index < -0.39 is 16.2 Å². The molecule has 1 atom stereocenters. The molecule has 0 amide bonds. The van der Waals surface area contributed by atoms with Gasteiger partial charge in [-0.1, -0.05) is 122 Å². The van der Waals surface area contributed by atoms with Crippen LogP contribution >= 0.6 is 0 Å². The summed E-state index contributed by atoms with van der Waals surface area (Å²) in [5.74, 6) is -0.0406. The third kappa shape index (κ3) is 13.9. The Morgan fingerprint density at radius 2 is 0.674 bits per heavy atom. The average Bonchev–Trinajstić information content (AvgIpc) is 3.04. The highest BCUT2D eigenvalue weighted by Crippen LogP contribution is 2.67. The lowest BCUT2D eigenvalue weighted by atomic mass is 9.40. The Bertz CT molecular complexity index is 655. The van der Waals surface area contributed by atoms with Crippen molar-refractivity contribution in [2.75, 3.05) is 46.2 Å². The van der Waals surface area contributed by atoms with Crippen molar-refractivity contribution in [2.45, 2.75) is 180 Å². The van der Waals surface area contributed by atoms with Crippen LogP contribution in [0.25, 0.3) is 0 Å². The molecule has 1 rings (SSSR count). The van der Waals surface area contributed by atoms with Gasteiger partial charge in [0.05, 0.1) is 0 Å². The highest BCUT2D eigenvalue weighted by molar-refractivity contribution is 5.10. The van der Waals surface area contributed by atoms with Crippen molar-refractivity contribution in [1.82, 2.24) is 0 Å². The number of aliphatic hydroxyl groups is 7. The Hall–Kier alpha value is -0.280. The number of rotatable bonds is 14. The highest BCUT2D eigenvalue weighted by Gasteiger charge is 2.62. The standard InChI is InChI=1S/C39H78O7/c40-29-21-36-20-18-16-14-12-10-8-6-4-2-1-3-5-7-9-11-13-15-17-19-22-37(23-30-41,24-31-42)39(27-34-45,28-35-46)38(36,25-32-43)26-33-44/h36,40-46H,1-35H2. The summed E-state index contributed by atoms with van der Waals surface area (Å²) in [7, 11) is 0. The van der Waals surface area contributed by atoms with Crippen LogP contribution in [0, 0.1) is 22.2 Å². The van der Waals surface area contributed by atoms with Crippen LogP contribution in [0.4, 0.5) is 0 Å². The van der Waals surface area contributed by atoms with Crippen LogP contribution in [-0.4, -0.2) is 82.0 Å². The second-order valence-corrected chi connectivity index (χ2v) is 14.8. The van der Waals surface area contributed by atoms with E-state index in [0.717, 1.165) is 44.9 Å². The molecule has 0 aromatic rings. The van der Waals surface area contributed by atoms with E-state index in [1.54, 1.807) is 0 Å². The maximum absolute atomic E-state index is 10.7. The number of hydrogen-bond donors (Lipinski definition) is 7. The van der Waals surface area contributed by atoms with Gasteiger partial charge in [0.1, 0.15) is 0 Å². The molecule has 46 heavy (non-hydrogen) atoms. The van der Waals surface area contributed by atoms with Crippen molar-refractivity contribution in [3.63, 3.8) is 0 Å². The molecule has 1 saturated carbocycles. The Kier molecular flexibility index (Phi) is 26.2. The largest absolute Gasteiger partial charge is 0.396 e. The fraction of sp³-hybridized carbons (Fsp3) is 1.00. The van der Waals surface area contributed by atoms with Crippen molar-refractivity contribution in [2.24, 2.45) is 22.2 Å². The molecule has 7 nitrogen and oxygen atoms in total. The maximum Gasteiger partial charge on any atom is 0.0436 e. The molecule has 1 aliphatic rings. The van der Waals surface area contributed by atoms with E-state index in [1.165, 1.54) is 89.9 Å². The zero-order valence-electron chi connectivity index (χ0n) is 30.0. The molecular weight excluding hydrogens is 580 g/mol. The van der Waals surface area contributed by atoms with Crippen molar-refractivity contribution in [3.8, 4) is 0 Å². The van der Waals surface area contributed by atoms with Gasteiger partial charge in [-0.25, -0.2) is 0 Å². The SMILES string of the molecule is OCCC1CCCCCCCCCCCCCCCCCCCCCC(CCO)(CCO)C(CCO)(CCO)C1(CCO)CCO. The Labute approximate surface area is 283 Å². The van der Waals surface area contributed by atoms with Gasteiger partial charge in [0.15, 0.2) is 0 Å². The van der Waals surface area contributed by atoms with E-state index in [1.807, 2.05) is 0 Å². The van der Waals surface area contributed by atoms with E-state index in [0.29, 0.717) is 44.9 Å². The Balaban J connectivity index is 3.57. The van der Waals surface area contributed by atoms with Gasteiger partial charge in [-0.15, -0.1) is 0 Å². The van der Waals surface area contributed by atoms with Crippen LogP contribution in [0.3, 0.4) is 0 Å². The van der Waals surface area contributed by atoms with Crippen LogP contribution in [-0.2, 0) is 0 Å². The summed E-state index contributed by atoms with van der Waals surface area (Å²) >= 11 is 0. The predicted octanol–water partition coefficient (Wildman–Crippen LogP) is 7.44. The zero-order chi connectivity index (χ0) is 33.8. The predicted molar refractivity (Wildman–Crippen MR) is 190 cm³/mol. The molecule has 0 bridgehead atoms. The minimum atomic E-state index is -0.757. The summed E-state index contributed by atoms with van der Waals surface area (Å²) in [6.07, 6.45) is 27.9. The summed E-state index contributed by atoms with van der Waals surface area (Å²) < 4.78 is 0. The van der Waals surface area contributed by atoms with Gasteiger partial charge in [0.2, 0.25) is 0 Å². The summed E-state index contributed by atoms with van der Waals surface area (Å²) in [5.41, 5.74) is -2.06. The van der Waals surface area contributed by atoms with Crippen LogP contribution in [0.5, 0.6) is 0 Å². The van der Waals surface area contributed by atoms with Crippen molar-refractivity contribution >= 4 is 0 Å². The first kappa shape index (κ1) is 43.7. The quantitative estimate of drug-likeness (QED) is 0.103. The third-order valence-corrected chi connectivity index (χ3v) is 12.3. The lowest BCUT2D eigenvalue weighted by Crippen LogP contribution is -2.59. The fourth-order valence-electron chi connectivity index (χ4n) is 10.1. The zero-order valence-corrected chi connectivity index (χ0v) is 30.0. The minimum Gasteiger partial charge on any atom is -0.396 e. The molecule has 0 spiro atoms. The summed E-state index contributed by atoms with van der Waals surface area (Å²) in [5, 5.41) is 74.3. The van der Waals surface area contributed by atoms with Crippen LogP contribution < -0.4 is 0 Å². The van der Waals surface area contributed by atoms with Gasteiger partial charge < -0.3 is 35.7 Å². The van der Waals surface area contributed by atoms with Gasteiger partial charge in [0.25, 0.3) is 0 Å². The smallest absolute Gasteiger partial charge is 0.0436 e.